The third-order valence-corrected chi connectivity index (χ3v) is 6.39. The molecule has 0 amide bonds. The van der Waals surface area contributed by atoms with Crippen LogP contribution < -0.4 is 10.6 Å². The Hall–Kier alpha value is -4.70. The number of pyridine rings is 2. The largest absolute Gasteiger partial charge is 0.378 e. The minimum absolute atomic E-state index is 0.0892. The Kier molecular flexibility index (Phi) is 6.80. The molecule has 5 aromatic rings. The van der Waals surface area contributed by atoms with Crippen LogP contribution in [0, 0.1) is 28.9 Å². The first kappa shape index (κ1) is 25.9. The Balaban J connectivity index is 1.65. The van der Waals surface area contributed by atoms with Crippen molar-refractivity contribution in [3.63, 3.8) is 0 Å². The molecular weight excluding hydrogens is 535 g/mol. The van der Waals surface area contributed by atoms with Crippen molar-refractivity contribution >= 4 is 47.4 Å². The Morgan fingerprint density at radius 3 is 2.49 bits per heavy atom. The molecule has 0 bridgehead atoms. The van der Waals surface area contributed by atoms with E-state index < -0.39 is 29.8 Å². The van der Waals surface area contributed by atoms with E-state index >= 15 is 0 Å². The molecule has 0 aliphatic heterocycles. The van der Waals surface area contributed by atoms with Crippen molar-refractivity contribution < 1.29 is 17.6 Å². The number of nitrogens with zero attached hydrogens (tertiary/aromatic N) is 6. The average Bonchev–Trinajstić information content (AvgIpc) is 3.42. The first-order valence-electron chi connectivity index (χ1n) is 11.3. The van der Waals surface area contributed by atoms with Crippen molar-refractivity contribution in [3.05, 3.63) is 100 Å². The molecule has 0 aliphatic carbocycles. The molecule has 1 unspecified atom stereocenters. The molecule has 0 fully saturated rings. The lowest BCUT2D eigenvalue weighted by Crippen LogP contribution is -2.37. The molecule has 2 N–H and O–H groups in total. The lowest BCUT2D eigenvalue weighted by molar-refractivity contribution is 0.343. The summed E-state index contributed by atoms with van der Waals surface area (Å²) >= 11 is 6.58. The summed E-state index contributed by atoms with van der Waals surface area (Å²) in [5.74, 6) is -2.88. The molecule has 3 aromatic heterocycles. The molecule has 0 spiro atoms. The highest BCUT2D eigenvalue weighted by Crippen LogP contribution is 2.37. The maximum atomic E-state index is 13.8. The van der Waals surface area contributed by atoms with Crippen LogP contribution in [-0.4, -0.2) is 32.8 Å². The molecule has 2 aromatic carbocycles. The van der Waals surface area contributed by atoms with E-state index in [0.717, 1.165) is 16.9 Å². The molecule has 0 saturated carbocycles. The van der Waals surface area contributed by atoms with Gasteiger partial charge >= 0.3 is 0 Å². The van der Waals surface area contributed by atoms with Crippen LogP contribution in [0.1, 0.15) is 16.8 Å². The monoisotopic (exact) mass is 550 g/mol. The number of halogens is 5. The number of anilines is 3. The number of alkyl halides is 1. The fraction of sp³-hybridized carbons (Fsp3) is 0.0800. The lowest BCUT2D eigenvalue weighted by Gasteiger charge is -2.31. The molecule has 1 atom stereocenters. The zero-order valence-corrected chi connectivity index (χ0v) is 20.8. The van der Waals surface area contributed by atoms with Gasteiger partial charge in [0.15, 0.2) is 12.6 Å². The van der Waals surface area contributed by atoms with E-state index in [9.17, 15) is 22.8 Å². The number of fused-ring (bicyclic) bond motifs is 1. The molecule has 0 aliphatic rings. The number of rotatable bonds is 7. The van der Waals surface area contributed by atoms with Crippen molar-refractivity contribution in [2.45, 2.75) is 12.2 Å². The van der Waals surface area contributed by atoms with Crippen LogP contribution >= 0.6 is 11.6 Å². The summed E-state index contributed by atoms with van der Waals surface area (Å²) in [6.45, 7) is -0.898. The SMILES string of the molecule is BC(Nc1cc(Cl)c2ncc(C#N)c(Nc3cnc(F)c(F)c3)c2c1)(c1ccc(F)cc1)c1cn(CF)nn1. The van der Waals surface area contributed by atoms with Crippen molar-refractivity contribution in [2.24, 2.45) is 0 Å². The van der Waals surface area contributed by atoms with Gasteiger partial charge in [-0.2, -0.15) is 9.65 Å². The molecule has 0 saturated heterocycles. The molecule has 8 nitrogen and oxygen atoms in total. The number of aromatic nitrogens is 5. The van der Waals surface area contributed by atoms with Crippen molar-refractivity contribution in [2.75, 3.05) is 10.6 Å². The van der Waals surface area contributed by atoms with Crippen molar-refractivity contribution in [3.8, 4) is 6.07 Å². The summed E-state index contributed by atoms with van der Waals surface area (Å²) < 4.78 is 55.2. The van der Waals surface area contributed by atoms with Gasteiger partial charge in [-0.1, -0.05) is 28.9 Å². The predicted octanol–water partition coefficient (Wildman–Crippen LogP) is 4.78. The Labute approximate surface area is 224 Å². The van der Waals surface area contributed by atoms with Gasteiger partial charge in [0.1, 0.15) is 25.4 Å². The standard InChI is InChI=1S/C25H16BClF4N8/c26-25(14-1-3-15(29)4-2-14,21-11-39(12-28)38-37-21)36-16-5-18-22(35-17-7-20(30)24(31)34-10-17)13(8-32)9-33-23(18)19(27)6-16/h1-7,9-11,36H,12,26H2,(H,33,35). The summed E-state index contributed by atoms with van der Waals surface area (Å²) in [7, 11) is 1.75. The Morgan fingerprint density at radius 2 is 1.82 bits per heavy atom. The normalized spacial score (nSPS) is 12.6. The molecule has 194 valence electrons. The van der Waals surface area contributed by atoms with Gasteiger partial charge < -0.3 is 10.6 Å². The van der Waals surface area contributed by atoms with Gasteiger partial charge in [-0.3, -0.25) is 4.98 Å². The van der Waals surface area contributed by atoms with E-state index in [1.165, 1.54) is 24.5 Å². The van der Waals surface area contributed by atoms with Crippen LogP contribution in [0.4, 0.5) is 34.6 Å². The minimum Gasteiger partial charge on any atom is -0.378 e. The van der Waals surface area contributed by atoms with Crippen molar-refractivity contribution in [1.29, 1.82) is 5.26 Å². The van der Waals surface area contributed by atoms with Gasteiger partial charge in [0.2, 0.25) is 5.95 Å². The lowest BCUT2D eigenvalue weighted by atomic mass is 9.69. The predicted molar refractivity (Wildman–Crippen MR) is 139 cm³/mol. The van der Waals surface area contributed by atoms with Crippen LogP contribution in [0.15, 0.2) is 61.1 Å². The summed E-state index contributed by atoms with van der Waals surface area (Å²) in [6, 6.07) is 11.8. The molecule has 14 heteroatoms. The highest BCUT2D eigenvalue weighted by molar-refractivity contribution is 6.36. The van der Waals surface area contributed by atoms with Gasteiger partial charge in [-0.25, -0.2) is 22.8 Å². The van der Waals surface area contributed by atoms with Crippen LogP contribution in [0.25, 0.3) is 10.9 Å². The fourth-order valence-corrected chi connectivity index (χ4v) is 4.40. The van der Waals surface area contributed by atoms with E-state index in [2.05, 4.69) is 30.9 Å². The van der Waals surface area contributed by atoms with Crippen LogP contribution in [0.2, 0.25) is 5.02 Å². The summed E-state index contributed by atoms with van der Waals surface area (Å²) in [4.78, 5) is 7.65. The number of nitriles is 1. The van der Waals surface area contributed by atoms with E-state index in [0.29, 0.717) is 27.8 Å². The van der Waals surface area contributed by atoms with E-state index in [4.69, 9.17) is 11.6 Å². The van der Waals surface area contributed by atoms with Crippen LogP contribution in [-0.2, 0) is 12.2 Å². The van der Waals surface area contributed by atoms with Crippen molar-refractivity contribution in [1.82, 2.24) is 25.0 Å². The van der Waals surface area contributed by atoms with E-state index in [1.807, 2.05) is 6.07 Å². The third-order valence-electron chi connectivity index (χ3n) is 6.10. The smallest absolute Gasteiger partial charge is 0.249 e. The zero-order valence-electron chi connectivity index (χ0n) is 20.1. The van der Waals surface area contributed by atoms with Gasteiger partial charge in [0, 0.05) is 23.3 Å². The first-order valence-corrected chi connectivity index (χ1v) is 11.7. The van der Waals surface area contributed by atoms with Gasteiger partial charge in [0.05, 0.1) is 45.3 Å². The second-order valence-corrected chi connectivity index (χ2v) is 9.06. The topological polar surface area (TPSA) is 104 Å². The van der Waals surface area contributed by atoms with Gasteiger partial charge in [-0.15, -0.1) is 5.10 Å². The zero-order chi connectivity index (χ0) is 27.7. The molecule has 5 rings (SSSR count). The quantitative estimate of drug-likeness (QED) is 0.171. The average molecular weight is 551 g/mol. The molecule has 3 heterocycles. The van der Waals surface area contributed by atoms with Crippen LogP contribution in [0.3, 0.4) is 0 Å². The Morgan fingerprint density at radius 1 is 1.05 bits per heavy atom. The second kappa shape index (κ2) is 10.2. The maximum absolute atomic E-state index is 13.8. The summed E-state index contributed by atoms with van der Waals surface area (Å²) in [6.07, 6.45) is 3.79. The van der Waals surface area contributed by atoms with Gasteiger partial charge in [0.25, 0.3) is 0 Å². The fourth-order valence-electron chi connectivity index (χ4n) is 4.13. The number of benzene rings is 2. The maximum Gasteiger partial charge on any atom is 0.249 e. The molecule has 0 radical (unpaired) electrons. The molecular formula is C25H16BClF4N8. The van der Waals surface area contributed by atoms with Gasteiger partial charge in [-0.05, 0) is 29.8 Å². The minimum atomic E-state index is -1.26. The van der Waals surface area contributed by atoms with Crippen LogP contribution in [0.5, 0.6) is 0 Å². The first-order chi connectivity index (χ1) is 18.7. The summed E-state index contributed by atoms with van der Waals surface area (Å²) in [5.41, 5.74) is 0.949. The molecule has 39 heavy (non-hydrogen) atoms. The van der Waals surface area contributed by atoms with E-state index in [1.54, 1.807) is 32.1 Å². The third kappa shape index (κ3) is 4.94. The van der Waals surface area contributed by atoms with E-state index in [-0.39, 0.29) is 22.0 Å². The Bertz CT molecular complexity index is 1740. The number of hydrogen-bond acceptors (Lipinski definition) is 7. The highest BCUT2D eigenvalue weighted by Gasteiger charge is 2.32. The highest BCUT2D eigenvalue weighted by atomic mass is 35.5. The second-order valence-electron chi connectivity index (χ2n) is 8.65. The number of nitrogens with one attached hydrogen (secondary N) is 2. The number of hydrogen-bond donors (Lipinski definition) is 2. The summed E-state index contributed by atoms with van der Waals surface area (Å²) in [5, 5.41) is 24.4.